The Morgan fingerprint density at radius 3 is 2.56 bits per heavy atom. The van der Waals surface area contributed by atoms with Crippen LogP contribution in [0.25, 0.3) is 0 Å². The molecule has 130 valence electrons. The lowest BCUT2D eigenvalue weighted by Gasteiger charge is -2.35. The highest BCUT2D eigenvalue weighted by atomic mass is 16.2. The first-order valence-electron chi connectivity index (χ1n) is 8.42. The van der Waals surface area contributed by atoms with Gasteiger partial charge < -0.3 is 15.1 Å². The number of rotatable bonds is 3. The molecule has 0 spiro atoms. The Morgan fingerprint density at radius 2 is 1.88 bits per heavy atom. The van der Waals surface area contributed by atoms with E-state index in [-0.39, 0.29) is 0 Å². The van der Waals surface area contributed by atoms with Crippen LogP contribution in [0.4, 0.5) is 5.82 Å². The van der Waals surface area contributed by atoms with E-state index in [1.54, 1.807) is 11.1 Å². The van der Waals surface area contributed by atoms with Crippen LogP contribution >= 0.6 is 0 Å². The number of aryl methyl sites for hydroxylation is 1. The lowest BCUT2D eigenvalue weighted by molar-refractivity contribution is -0.146. The molecule has 1 saturated heterocycles. The van der Waals surface area contributed by atoms with E-state index in [2.05, 4.69) is 15.2 Å². The number of piperazine rings is 1. The van der Waals surface area contributed by atoms with Gasteiger partial charge in [0, 0.05) is 38.9 Å². The van der Waals surface area contributed by atoms with Gasteiger partial charge in [0.1, 0.15) is 5.82 Å². The molecule has 0 bridgehead atoms. The van der Waals surface area contributed by atoms with Crippen molar-refractivity contribution in [1.82, 2.24) is 15.2 Å². The van der Waals surface area contributed by atoms with Gasteiger partial charge in [-0.2, -0.15) is 0 Å². The molecule has 1 N–H and O–H groups in total. The molecule has 1 aliphatic rings. The molecule has 0 unspecified atom stereocenters. The maximum atomic E-state index is 12.3. The smallest absolute Gasteiger partial charge is 0.312 e. The Morgan fingerprint density at radius 1 is 1.08 bits per heavy atom. The van der Waals surface area contributed by atoms with Gasteiger partial charge in [0.25, 0.3) is 0 Å². The summed E-state index contributed by atoms with van der Waals surface area (Å²) in [6.07, 6.45) is 1.76. The number of nitrogens with one attached hydrogen (secondary N) is 1. The molecule has 3 rings (SSSR count). The first kappa shape index (κ1) is 17.0. The van der Waals surface area contributed by atoms with Crippen molar-refractivity contribution in [3.05, 3.63) is 59.8 Å². The first-order chi connectivity index (χ1) is 12.1. The molecule has 2 aromatic rings. The zero-order valence-corrected chi connectivity index (χ0v) is 14.3. The zero-order valence-electron chi connectivity index (χ0n) is 14.3. The highest BCUT2D eigenvalue weighted by molar-refractivity contribution is 6.35. The summed E-state index contributed by atoms with van der Waals surface area (Å²) in [5.74, 6) is -0.111. The summed E-state index contributed by atoms with van der Waals surface area (Å²) < 4.78 is 0. The van der Waals surface area contributed by atoms with Crippen LogP contribution in [0.5, 0.6) is 0 Å². The summed E-state index contributed by atoms with van der Waals surface area (Å²) in [6, 6.07) is 13.6. The van der Waals surface area contributed by atoms with Crippen molar-refractivity contribution in [3.8, 4) is 0 Å². The van der Waals surface area contributed by atoms with Gasteiger partial charge in [0.05, 0.1) is 0 Å². The number of carbonyl (C=O) groups is 2. The predicted octanol–water partition coefficient (Wildman–Crippen LogP) is 1.36. The third-order valence-corrected chi connectivity index (χ3v) is 4.27. The Balaban J connectivity index is 1.49. The van der Waals surface area contributed by atoms with Crippen molar-refractivity contribution in [1.29, 1.82) is 0 Å². The van der Waals surface area contributed by atoms with E-state index in [1.807, 2.05) is 49.4 Å². The van der Waals surface area contributed by atoms with Crippen LogP contribution in [0.3, 0.4) is 0 Å². The molecule has 25 heavy (non-hydrogen) atoms. The molecule has 0 radical (unpaired) electrons. The van der Waals surface area contributed by atoms with E-state index in [0.29, 0.717) is 32.7 Å². The van der Waals surface area contributed by atoms with Crippen molar-refractivity contribution >= 4 is 17.6 Å². The van der Waals surface area contributed by atoms with Crippen LogP contribution in [0.2, 0.25) is 0 Å². The molecule has 6 heteroatoms. The lowest BCUT2D eigenvalue weighted by atomic mass is 10.1. The second-order valence-corrected chi connectivity index (χ2v) is 6.14. The van der Waals surface area contributed by atoms with Crippen LogP contribution in [0.15, 0.2) is 48.7 Å². The number of hydrogen-bond donors (Lipinski definition) is 1. The number of anilines is 1. The fraction of sp³-hybridized carbons (Fsp3) is 0.316. The first-order valence-corrected chi connectivity index (χ1v) is 8.42. The highest BCUT2D eigenvalue weighted by Crippen LogP contribution is 2.12. The number of benzene rings is 1. The minimum Gasteiger partial charge on any atom is -0.353 e. The number of hydrogen-bond acceptors (Lipinski definition) is 4. The van der Waals surface area contributed by atoms with E-state index >= 15 is 0 Å². The molecule has 1 fully saturated rings. The summed E-state index contributed by atoms with van der Waals surface area (Å²) in [7, 11) is 0. The van der Waals surface area contributed by atoms with Gasteiger partial charge in [-0.1, -0.05) is 35.9 Å². The third kappa shape index (κ3) is 4.35. The van der Waals surface area contributed by atoms with Gasteiger partial charge in [-0.05, 0) is 24.6 Å². The van der Waals surface area contributed by atoms with Gasteiger partial charge in [-0.25, -0.2) is 4.98 Å². The average Bonchev–Trinajstić information content (AvgIpc) is 2.66. The van der Waals surface area contributed by atoms with E-state index in [0.717, 1.165) is 16.9 Å². The van der Waals surface area contributed by atoms with Crippen LogP contribution in [-0.2, 0) is 16.1 Å². The Kier molecular flexibility index (Phi) is 5.28. The van der Waals surface area contributed by atoms with Crippen molar-refractivity contribution < 1.29 is 9.59 Å². The fourth-order valence-electron chi connectivity index (χ4n) is 2.90. The number of carbonyl (C=O) groups excluding carboxylic acids is 2. The van der Waals surface area contributed by atoms with E-state index < -0.39 is 11.8 Å². The molecular weight excluding hydrogens is 316 g/mol. The van der Waals surface area contributed by atoms with Gasteiger partial charge in [0.15, 0.2) is 0 Å². The SMILES string of the molecule is Cc1cccc(CNC(=O)C(=O)N2CCN(c3ccccn3)CC2)c1. The maximum Gasteiger partial charge on any atom is 0.312 e. The van der Waals surface area contributed by atoms with Gasteiger partial charge in [-0.15, -0.1) is 0 Å². The third-order valence-electron chi connectivity index (χ3n) is 4.27. The second-order valence-electron chi connectivity index (χ2n) is 6.14. The second kappa shape index (κ2) is 7.79. The number of amides is 2. The largest absolute Gasteiger partial charge is 0.353 e. The molecular formula is C19H22N4O2. The van der Waals surface area contributed by atoms with Crippen molar-refractivity contribution in [2.75, 3.05) is 31.1 Å². The van der Waals surface area contributed by atoms with Crippen LogP contribution < -0.4 is 10.2 Å². The predicted molar refractivity (Wildman–Crippen MR) is 96.1 cm³/mol. The number of nitrogens with zero attached hydrogens (tertiary/aromatic N) is 3. The minimum atomic E-state index is -0.548. The van der Waals surface area contributed by atoms with Crippen LogP contribution in [0.1, 0.15) is 11.1 Å². The van der Waals surface area contributed by atoms with Gasteiger partial charge >= 0.3 is 11.8 Å². The monoisotopic (exact) mass is 338 g/mol. The van der Waals surface area contributed by atoms with E-state index in [1.165, 1.54) is 0 Å². The summed E-state index contributed by atoms with van der Waals surface area (Å²) in [6.45, 7) is 4.75. The highest BCUT2D eigenvalue weighted by Gasteiger charge is 2.26. The molecule has 2 heterocycles. The average molecular weight is 338 g/mol. The van der Waals surface area contributed by atoms with E-state index in [4.69, 9.17) is 0 Å². The topological polar surface area (TPSA) is 65.5 Å². The molecule has 0 aliphatic carbocycles. The Hall–Kier alpha value is -2.89. The molecule has 1 aromatic heterocycles. The molecule has 0 atom stereocenters. The van der Waals surface area contributed by atoms with E-state index in [9.17, 15) is 9.59 Å². The van der Waals surface area contributed by atoms with Crippen molar-refractivity contribution in [3.63, 3.8) is 0 Å². The fourth-order valence-corrected chi connectivity index (χ4v) is 2.90. The van der Waals surface area contributed by atoms with Crippen LogP contribution in [-0.4, -0.2) is 47.9 Å². The Labute approximate surface area is 147 Å². The van der Waals surface area contributed by atoms with Crippen LogP contribution in [0, 0.1) is 6.92 Å². The zero-order chi connectivity index (χ0) is 17.6. The maximum absolute atomic E-state index is 12.3. The summed E-state index contributed by atoms with van der Waals surface area (Å²) >= 11 is 0. The van der Waals surface area contributed by atoms with Gasteiger partial charge in [0.2, 0.25) is 0 Å². The molecule has 2 amide bonds. The van der Waals surface area contributed by atoms with Crippen molar-refractivity contribution in [2.24, 2.45) is 0 Å². The molecule has 1 aromatic carbocycles. The lowest BCUT2D eigenvalue weighted by Crippen LogP contribution is -2.52. The minimum absolute atomic E-state index is 0.361. The molecule has 1 aliphatic heterocycles. The number of pyridine rings is 1. The van der Waals surface area contributed by atoms with Gasteiger partial charge in [-0.3, -0.25) is 9.59 Å². The normalized spacial score (nSPS) is 14.3. The quantitative estimate of drug-likeness (QED) is 0.858. The number of aromatic nitrogens is 1. The summed E-state index contributed by atoms with van der Waals surface area (Å²) in [5, 5.41) is 2.71. The standard InChI is InChI=1S/C19H22N4O2/c1-15-5-4-6-16(13-15)14-21-18(24)19(25)23-11-9-22(10-12-23)17-7-2-3-8-20-17/h2-8,13H,9-12,14H2,1H3,(H,21,24). The molecule has 6 nitrogen and oxygen atoms in total. The summed E-state index contributed by atoms with van der Waals surface area (Å²) in [5.41, 5.74) is 2.12. The summed E-state index contributed by atoms with van der Waals surface area (Å²) in [4.78, 5) is 32.5. The van der Waals surface area contributed by atoms with Crippen molar-refractivity contribution in [2.45, 2.75) is 13.5 Å². The molecule has 0 saturated carbocycles. The Bertz CT molecular complexity index is 740.